The molecule has 1 heterocycles. The van der Waals surface area contributed by atoms with Crippen LogP contribution in [0, 0.1) is 11.8 Å². The molecular formula is C15H30N2O2. The van der Waals surface area contributed by atoms with Crippen LogP contribution in [0.15, 0.2) is 0 Å². The number of ether oxygens (including phenoxy) is 1. The monoisotopic (exact) mass is 270 g/mol. The number of hydrogen-bond acceptors (Lipinski definition) is 3. The molecule has 2 unspecified atom stereocenters. The molecule has 1 fully saturated rings. The molecule has 0 aliphatic carbocycles. The average molecular weight is 270 g/mol. The van der Waals surface area contributed by atoms with E-state index in [2.05, 4.69) is 39.9 Å². The molecule has 0 radical (unpaired) electrons. The van der Waals surface area contributed by atoms with Gasteiger partial charge in [-0.2, -0.15) is 0 Å². The molecule has 1 N–H and O–H groups in total. The molecule has 2 atom stereocenters. The van der Waals surface area contributed by atoms with Crippen LogP contribution in [-0.2, 0) is 9.53 Å². The van der Waals surface area contributed by atoms with Gasteiger partial charge in [-0.05, 0) is 24.7 Å². The van der Waals surface area contributed by atoms with Gasteiger partial charge >= 0.3 is 0 Å². The van der Waals surface area contributed by atoms with Crippen molar-refractivity contribution in [2.45, 2.75) is 59.7 Å². The molecule has 0 aromatic heterocycles. The minimum atomic E-state index is -0.00570. The highest BCUT2D eigenvalue weighted by atomic mass is 16.5. The zero-order chi connectivity index (χ0) is 14.4. The van der Waals surface area contributed by atoms with E-state index >= 15 is 0 Å². The topological polar surface area (TPSA) is 41.6 Å². The van der Waals surface area contributed by atoms with E-state index in [4.69, 9.17) is 4.74 Å². The summed E-state index contributed by atoms with van der Waals surface area (Å²) < 4.78 is 5.61. The highest BCUT2D eigenvalue weighted by Gasteiger charge is 2.37. The van der Waals surface area contributed by atoms with Crippen LogP contribution in [-0.4, -0.2) is 42.8 Å². The Bertz CT molecular complexity index is 279. The molecule has 4 nitrogen and oxygen atoms in total. The third kappa shape index (κ3) is 5.11. The van der Waals surface area contributed by atoms with Crippen LogP contribution in [0.4, 0.5) is 0 Å². The molecule has 1 saturated heterocycles. The molecule has 0 saturated carbocycles. The molecule has 1 amide bonds. The van der Waals surface area contributed by atoms with Gasteiger partial charge in [0, 0.05) is 13.2 Å². The van der Waals surface area contributed by atoms with Crippen LogP contribution in [0.3, 0.4) is 0 Å². The molecule has 0 spiro atoms. The second-order valence-corrected chi connectivity index (χ2v) is 6.27. The molecule has 1 aliphatic rings. The van der Waals surface area contributed by atoms with Gasteiger partial charge in [0.1, 0.15) is 0 Å². The minimum absolute atomic E-state index is 0.00570. The number of hydrogen-bond donors (Lipinski definition) is 1. The van der Waals surface area contributed by atoms with E-state index in [1.807, 2.05) is 4.90 Å². The van der Waals surface area contributed by atoms with E-state index in [9.17, 15) is 4.79 Å². The summed E-state index contributed by atoms with van der Waals surface area (Å²) in [5.41, 5.74) is 0. The van der Waals surface area contributed by atoms with Crippen LogP contribution in [0.1, 0.15) is 47.5 Å². The van der Waals surface area contributed by atoms with Gasteiger partial charge in [0.15, 0.2) is 0 Å². The second kappa shape index (κ2) is 7.85. The summed E-state index contributed by atoms with van der Waals surface area (Å²) in [6.07, 6.45) is 2.04. The molecule has 0 aromatic carbocycles. The molecule has 0 aromatic rings. The van der Waals surface area contributed by atoms with Crippen LogP contribution in [0.2, 0.25) is 0 Å². The summed E-state index contributed by atoms with van der Waals surface area (Å²) >= 11 is 0. The third-order valence-corrected chi connectivity index (χ3v) is 3.38. The van der Waals surface area contributed by atoms with E-state index in [1.165, 1.54) is 0 Å². The van der Waals surface area contributed by atoms with E-state index in [1.54, 1.807) is 0 Å². The smallest absolute Gasteiger partial charge is 0.241 e. The van der Waals surface area contributed by atoms with Gasteiger partial charge in [0.05, 0.1) is 18.8 Å². The van der Waals surface area contributed by atoms with E-state index < -0.39 is 0 Å². The molecule has 1 rings (SSSR count). The van der Waals surface area contributed by atoms with Gasteiger partial charge in [-0.25, -0.2) is 0 Å². The van der Waals surface area contributed by atoms with Crippen molar-refractivity contribution in [2.24, 2.45) is 11.8 Å². The quantitative estimate of drug-likeness (QED) is 0.688. The van der Waals surface area contributed by atoms with Crippen molar-refractivity contribution in [1.82, 2.24) is 10.2 Å². The first-order valence-electron chi connectivity index (χ1n) is 7.60. The SMILES string of the molecule is CCC1NC(CC(C)C)N(CCOCC(C)C)C1=O. The largest absolute Gasteiger partial charge is 0.379 e. The van der Waals surface area contributed by atoms with E-state index in [0.717, 1.165) is 19.4 Å². The molecular weight excluding hydrogens is 240 g/mol. The van der Waals surface area contributed by atoms with Gasteiger partial charge in [-0.1, -0.05) is 34.6 Å². The zero-order valence-electron chi connectivity index (χ0n) is 13.1. The minimum Gasteiger partial charge on any atom is -0.379 e. The Morgan fingerprint density at radius 2 is 1.95 bits per heavy atom. The van der Waals surface area contributed by atoms with Crippen molar-refractivity contribution < 1.29 is 9.53 Å². The van der Waals surface area contributed by atoms with Gasteiger partial charge in [0.25, 0.3) is 0 Å². The predicted molar refractivity (Wildman–Crippen MR) is 77.8 cm³/mol. The molecule has 4 heteroatoms. The maximum absolute atomic E-state index is 12.3. The summed E-state index contributed by atoms with van der Waals surface area (Å²) in [6, 6.07) is -0.00570. The first kappa shape index (κ1) is 16.4. The summed E-state index contributed by atoms with van der Waals surface area (Å²) in [5, 5.41) is 3.44. The number of rotatable bonds is 8. The fourth-order valence-electron chi connectivity index (χ4n) is 2.43. The Kier molecular flexibility index (Phi) is 6.80. The molecule has 0 bridgehead atoms. The summed E-state index contributed by atoms with van der Waals surface area (Å²) in [5.74, 6) is 1.36. The van der Waals surface area contributed by atoms with Crippen LogP contribution in [0.5, 0.6) is 0 Å². The second-order valence-electron chi connectivity index (χ2n) is 6.27. The van der Waals surface area contributed by atoms with Crippen molar-refractivity contribution in [3.8, 4) is 0 Å². The first-order valence-corrected chi connectivity index (χ1v) is 7.60. The van der Waals surface area contributed by atoms with Gasteiger partial charge in [-0.15, -0.1) is 0 Å². The fraction of sp³-hybridized carbons (Fsp3) is 0.933. The van der Waals surface area contributed by atoms with E-state index in [-0.39, 0.29) is 18.1 Å². The lowest BCUT2D eigenvalue weighted by atomic mass is 10.1. The van der Waals surface area contributed by atoms with Crippen LogP contribution in [0.25, 0.3) is 0 Å². The van der Waals surface area contributed by atoms with Crippen molar-refractivity contribution in [3.05, 3.63) is 0 Å². The maximum atomic E-state index is 12.3. The number of carbonyl (C=O) groups is 1. The lowest BCUT2D eigenvalue weighted by Gasteiger charge is -2.25. The molecule has 19 heavy (non-hydrogen) atoms. The standard InChI is InChI=1S/C15H30N2O2/c1-6-13-15(18)17(7-8-19-10-12(4)5)14(16-13)9-11(2)3/h11-14,16H,6-10H2,1-5H3. The van der Waals surface area contributed by atoms with Crippen molar-refractivity contribution in [1.29, 1.82) is 0 Å². The first-order chi connectivity index (χ1) is 8.95. The van der Waals surface area contributed by atoms with Gasteiger partial charge in [0.2, 0.25) is 5.91 Å². The Balaban J connectivity index is 2.47. The molecule has 112 valence electrons. The maximum Gasteiger partial charge on any atom is 0.241 e. The van der Waals surface area contributed by atoms with Gasteiger partial charge < -0.3 is 9.64 Å². The van der Waals surface area contributed by atoms with Crippen molar-refractivity contribution in [3.63, 3.8) is 0 Å². The number of nitrogens with zero attached hydrogens (tertiary/aromatic N) is 1. The summed E-state index contributed by atoms with van der Waals surface area (Å²) in [4.78, 5) is 14.2. The fourth-order valence-corrected chi connectivity index (χ4v) is 2.43. The number of nitrogens with one attached hydrogen (secondary N) is 1. The Hall–Kier alpha value is -0.610. The molecule has 1 aliphatic heterocycles. The summed E-state index contributed by atoms with van der Waals surface area (Å²) in [6.45, 7) is 12.8. The third-order valence-electron chi connectivity index (χ3n) is 3.38. The van der Waals surface area contributed by atoms with Crippen molar-refractivity contribution in [2.75, 3.05) is 19.8 Å². The van der Waals surface area contributed by atoms with Crippen LogP contribution < -0.4 is 5.32 Å². The predicted octanol–water partition coefficient (Wildman–Crippen LogP) is 2.24. The van der Waals surface area contributed by atoms with E-state index in [0.29, 0.717) is 25.0 Å². The Labute approximate surface area is 117 Å². The van der Waals surface area contributed by atoms with Crippen molar-refractivity contribution >= 4 is 5.91 Å². The Morgan fingerprint density at radius 3 is 2.47 bits per heavy atom. The highest BCUT2D eigenvalue weighted by Crippen LogP contribution is 2.18. The normalized spacial score (nSPS) is 23.9. The Morgan fingerprint density at radius 1 is 1.26 bits per heavy atom. The van der Waals surface area contributed by atoms with Gasteiger partial charge in [-0.3, -0.25) is 10.1 Å². The lowest BCUT2D eigenvalue weighted by molar-refractivity contribution is -0.131. The number of amides is 1. The highest BCUT2D eigenvalue weighted by molar-refractivity contribution is 5.84. The lowest BCUT2D eigenvalue weighted by Crippen LogP contribution is -2.40. The zero-order valence-corrected chi connectivity index (χ0v) is 13.1. The van der Waals surface area contributed by atoms with Crippen LogP contribution >= 0.6 is 0 Å². The average Bonchev–Trinajstić information content (AvgIpc) is 2.60. The number of carbonyl (C=O) groups excluding carboxylic acids is 1. The summed E-state index contributed by atoms with van der Waals surface area (Å²) in [7, 11) is 0.